The van der Waals surface area contributed by atoms with Crippen molar-refractivity contribution in [1.29, 1.82) is 5.41 Å². The Bertz CT molecular complexity index is 920. The first-order chi connectivity index (χ1) is 16.9. The minimum Gasteiger partial charge on any atom is -0.390 e. The minimum atomic E-state index is -0.579. The molecule has 10 heteroatoms. The van der Waals surface area contributed by atoms with Crippen LogP contribution in [0, 0.1) is 12.3 Å². The molecule has 3 rings (SSSR count). The number of nitrogens with one attached hydrogen (secondary N) is 5. The monoisotopic (exact) mass is 484 g/mol. The van der Waals surface area contributed by atoms with Crippen LogP contribution in [0.15, 0.2) is 36.4 Å². The van der Waals surface area contributed by atoms with Crippen molar-refractivity contribution < 1.29 is 9.59 Å². The first-order valence-corrected chi connectivity index (χ1v) is 12.0. The van der Waals surface area contributed by atoms with Gasteiger partial charge in [-0.1, -0.05) is 29.8 Å². The Morgan fingerprint density at radius 2 is 1.77 bits per heavy atom. The summed E-state index contributed by atoms with van der Waals surface area (Å²) in [4.78, 5) is 31.3. The Kier molecular flexibility index (Phi) is 12.0. The summed E-state index contributed by atoms with van der Waals surface area (Å²) in [7, 11) is 3.99. The van der Waals surface area contributed by atoms with Crippen LogP contribution in [0.5, 0.6) is 0 Å². The SMILES string of the molecule is CNCCCCC(NC(=O)c1ccc(-c2ccc(C)cc2)[nH]1)C(=O)NN1CCN(C)CC1.N=CN. The van der Waals surface area contributed by atoms with Crippen LogP contribution in [-0.2, 0) is 4.79 Å². The lowest BCUT2D eigenvalue weighted by Gasteiger charge is -2.33. The average molecular weight is 485 g/mol. The maximum absolute atomic E-state index is 13.0. The fraction of sp³-hybridized carbons (Fsp3) is 0.480. The fourth-order valence-electron chi connectivity index (χ4n) is 3.74. The van der Waals surface area contributed by atoms with Crippen molar-refractivity contribution in [3.63, 3.8) is 0 Å². The lowest BCUT2D eigenvalue weighted by molar-refractivity contribution is -0.128. The molecule has 2 aromatic rings. The van der Waals surface area contributed by atoms with E-state index in [1.54, 1.807) is 6.07 Å². The molecule has 1 aliphatic rings. The highest BCUT2D eigenvalue weighted by molar-refractivity contribution is 5.96. The topological polar surface area (TPSA) is 142 Å². The molecule has 2 amide bonds. The van der Waals surface area contributed by atoms with Gasteiger partial charge in [-0.25, -0.2) is 5.01 Å². The predicted octanol–water partition coefficient (Wildman–Crippen LogP) is 1.31. The smallest absolute Gasteiger partial charge is 0.268 e. The third-order valence-electron chi connectivity index (χ3n) is 5.86. The zero-order valence-corrected chi connectivity index (χ0v) is 21.1. The third kappa shape index (κ3) is 9.51. The number of aromatic nitrogens is 1. The maximum Gasteiger partial charge on any atom is 0.268 e. The summed E-state index contributed by atoms with van der Waals surface area (Å²) in [5.74, 6) is -0.423. The van der Waals surface area contributed by atoms with E-state index in [0.29, 0.717) is 12.1 Å². The van der Waals surface area contributed by atoms with Gasteiger partial charge in [0.2, 0.25) is 0 Å². The molecule has 1 aliphatic heterocycles. The van der Waals surface area contributed by atoms with E-state index < -0.39 is 6.04 Å². The summed E-state index contributed by atoms with van der Waals surface area (Å²) < 4.78 is 0. The largest absolute Gasteiger partial charge is 0.390 e. The normalized spacial score (nSPS) is 14.9. The molecule has 1 fully saturated rings. The van der Waals surface area contributed by atoms with Crippen LogP contribution in [0.3, 0.4) is 0 Å². The Balaban J connectivity index is 0.00000137. The molecular weight excluding hydrogens is 444 g/mol. The summed E-state index contributed by atoms with van der Waals surface area (Å²) in [6.45, 7) is 6.30. The minimum absolute atomic E-state index is 0.155. The molecule has 192 valence electrons. The molecule has 1 aromatic heterocycles. The molecule has 1 saturated heterocycles. The highest BCUT2D eigenvalue weighted by Gasteiger charge is 2.24. The molecule has 2 heterocycles. The number of benzene rings is 1. The van der Waals surface area contributed by atoms with Gasteiger partial charge in [-0.3, -0.25) is 20.4 Å². The van der Waals surface area contributed by atoms with E-state index in [2.05, 4.69) is 38.7 Å². The quantitative estimate of drug-likeness (QED) is 0.171. The van der Waals surface area contributed by atoms with Crippen molar-refractivity contribution in [1.82, 2.24) is 31.0 Å². The number of rotatable bonds is 10. The van der Waals surface area contributed by atoms with Crippen LogP contribution in [0.4, 0.5) is 0 Å². The summed E-state index contributed by atoms with van der Waals surface area (Å²) >= 11 is 0. The highest BCUT2D eigenvalue weighted by atomic mass is 16.2. The van der Waals surface area contributed by atoms with E-state index in [-0.39, 0.29) is 11.8 Å². The lowest BCUT2D eigenvalue weighted by atomic mass is 10.1. The Morgan fingerprint density at radius 1 is 1.11 bits per heavy atom. The van der Waals surface area contributed by atoms with E-state index >= 15 is 0 Å². The number of amides is 2. The lowest BCUT2D eigenvalue weighted by Crippen LogP contribution is -2.57. The second kappa shape index (κ2) is 14.9. The zero-order chi connectivity index (χ0) is 25.6. The van der Waals surface area contributed by atoms with E-state index in [0.717, 1.165) is 63.2 Å². The number of carbonyl (C=O) groups is 2. The molecule has 1 unspecified atom stereocenters. The standard InChI is InChI=1S/C24H36N6O2.CH4N2/c1-18-7-9-19(10-8-18)20-11-12-22(26-20)23(31)27-21(6-4-5-13-25-2)24(32)28-30-16-14-29(3)15-17-30;2-1-3/h7-12,21,25-26H,4-6,13-17H2,1-3H3,(H,27,31)(H,28,32);1H,(H3,2,3). The van der Waals surface area contributed by atoms with Gasteiger partial charge >= 0.3 is 0 Å². The van der Waals surface area contributed by atoms with Gasteiger partial charge in [0, 0.05) is 31.9 Å². The number of unbranched alkanes of at least 4 members (excludes halogenated alkanes) is 1. The van der Waals surface area contributed by atoms with Crippen LogP contribution in [-0.4, -0.2) is 85.9 Å². The number of nitrogens with zero attached hydrogens (tertiary/aromatic N) is 2. The van der Waals surface area contributed by atoms with Gasteiger partial charge in [0.15, 0.2) is 0 Å². The Morgan fingerprint density at radius 3 is 2.40 bits per heavy atom. The number of hydrogen-bond acceptors (Lipinski definition) is 6. The number of hydrogen-bond donors (Lipinski definition) is 6. The van der Waals surface area contributed by atoms with Gasteiger partial charge in [0.1, 0.15) is 11.7 Å². The van der Waals surface area contributed by atoms with Crippen molar-refractivity contribution >= 4 is 18.2 Å². The third-order valence-corrected chi connectivity index (χ3v) is 5.86. The zero-order valence-electron chi connectivity index (χ0n) is 21.1. The van der Waals surface area contributed by atoms with E-state index in [1.807, 2.05) is 49.3 Å². The molecular formula is C25H40N8O2. The number of carbonyl (C=O) groups excluding carboxylic acids is 2. The van der Waals surface area contributed by atoms with Gasteiger partial charge < -0.3 is 26.3 Å². The van der Waals surface area contributed by atoms with E-state index in [9.17, 15) is 9.59 Å². The summed E-state index contributed by atoms with van der Waals surface area (Å²) in [5.41, 5.74) is 10.9. The van der Waals surface area contributed by atoms with Crippen LogP contribution in [0.25, 0.3) is 11.3 Å². The van der Waals surface area contributed by atoms with Gasteiger partial charge in [-0.05, 0) is 64.5 Å². The first kappa shape index (κ1) is 28.0. The number of likely N-dealkylation sites (N-methyl/N-ethyl adjacent to an activating group) is 1. The number of aromatic amines is 1. The van der Waals surface area contributed by atoms with Gasteiger partial charge in [0.05, 0.1) is 6.34 Å². The maximum atomic E-state index is 13.0. The van der Waals surface area contributed by atoms with Crippen LogP contribution < -0.4 is 21.8 Å². The molecule has 0 saturated carbocycles. The predicted molar refractivity (Wildman–Crippen MR) is 140 cm³/mol. The Labute approximate surface area is 208 Å². The molecule has 0 spiro atoms. The molecule has 35 heavy (non-hydrogen) atoms. The van der Waals surface area contributed by atoms with Crippen molar-refractivity contribution in [2.24, 2.45) is 5.73 Å². The number of aryl methyl sites for hydroxylation is 1. The van der Waals surface area contributed by atoms with E-state index in [1.165, 1.54) is 5.56 Å². The van der Waals surface area contributed by atoms with Crippen molar-refractivity contribution in [2.45, 2.75) is 32.2 Å². The van der Waals surface area contributed by atoms with Crippen LogP contribution in [0.2, 0.25) is 0 Å². The summed E-state index contributed by atoms with van der Waals surface area (Å²) in [6, 6.07) is 11.2. The van der Waals surface area contributed by atoms with Crippen molar-refractivity contribution in [3.8, 4) is 11.3 Å². The summed E-state index contributed by atoms with van der Waals surface area (Å²) in [5, 5.41) is 13.9. The van der Waals surface area contributed by atoms with Crippen molar-refractivity contribution in [2.75, 3.05) is 46.8 Å². The Hall–Kier alpha value is -3.21. The van der Waals surface area contributed by atoms with Crippen LogP contribution >= 0.6 is 0 Å². The van der Waals surface area contributed by atoms with Gasteiger partial charge in [0.25, 0.3) is 11.8 Å². The number of H-pyrrole nitrogens is 1. The van der Waals surface area contributed by atoms with Crippen molar-refractivity contribution in [3.05, 3.63) is 47.7 Å². The molecule has 0 radical (unpaired) electrons. The van der Waals surface area contributed by atoms with Crippen LogP contribution in [0.1, 0.15) is 35.3 Å². The number of piperazine rings is 1. The number of hydrazine groups is 1. The summed E-state index contributed by atoms with van der Waals surface area (Å²) in [6.07, 6.45) is 3.14. The molecule has 1 aromatic carbocycles. The second-order valence-corrected chi connectivity index (χ2v) is 8.71. The average Bonchev–Trinajstić information content (AvgIpc) is 3.34. The molecule has 7 N–H and O–H groups in total. The highest BCUT2D eigenvalue weighted by Crippen LogP contribution is 2.19. The first-order valence-electron chi connectivity index (χ1n) is 12.0. The fourth-order valence-corrected chi connectivity index (χ4v) is 3.74. The second-order valence-electron chi connectivity index (χ2n) is 8.71. The molecule has 1 atom stereocenters. The van der Waals surface area contributed by atoms with E-state index in [4.69, 9.17) is 5.41 Å². The molecule has 0 bridgehead atoms. The van der Waals surface area contributed by atoms with Gasteiger partial charge in [-0.2, -0.15) is 0 Å². The molecule has 10 nitrogen and oxygen atoms in total. The number of nitrogens with two attached hydrogens (primary N) is 1. The van der Waals surface area contributed by atoms with Gasteiger partial charge in [-0.15, -0.1) is 0 Å². The molecule has 0 aliphatic carbocycles.